The highest BCUT2D eigenvalue weighted by atomic mass is 16.3. The maximum absolute atomic E-state index is 6.06. The fourth-order valence-corrected chi connectivity index (χ4v) is 1.83. The number of nitrogens with zero attached hydrogens (tertiary/aromatic N) is 2. The van der Waals surface area contributed by atoms with Crippen LogP contribution in [0.25, 0.3) is 22.4 Å². The molecule has 0 aliphatic heterocycles. The molecule has 0 saturated heterocycles. The van der Waals surface area contributed by atoms with E-state index in [0.717, 1.165) is 16.8 Å². The zero-order valence-corrected chi connectivity index (χ0v) is 9.34. The number of hydrogen-bond acceptors (Lipinski definition) is 4. The molecule has 2 N–H and O–H groups in total. The smallest absolute Gasteiger partial charge is 0.176 e. The highest BCUT2D eigenvalue weighted by Crippen LogP contribution is 2.34. The van der Waals surface area contributed by atoms with Gasteiger partial charge in [0, 0.05) is 17.3 Å². The van der Waals surface area contributed by atoms with Crippen LogP contribution in [0, 0.1) is 6.92 Å². The highest BCUT2D eigenvalue weighted by Gasteiger charge is 2.13. The fraction of sp³-hybridized carbons (Fsp3) is 0.0769. The Kier molecular flexibility index (Phi) is 2.08. The molecular weight excluding hydrogens is 214 g/mol. The molecule has 17 heavy (non-hydrogen) atoms. The van der Waals surface area contributed by atoms with E-state index >= 15 is 0 Å². The number of hydrogen-bond donors (Lipinski definition) is 1. The molecule has 0 fully saturated rings. The zero-order chi connectivity index (χ0) is 11.8. The second-order valence-electron chi connectivity index (χ2n) is 3.88. The first-order chi connectivity index (χ1) is 8.25. The van der Waals surface area contributed by atoms with Crippen LogP contribution >= 0.6 is 0 Å². The fourth-order valence-electron chi connectivity index (χ4n) is 1.83. The molecule has 0 aromatic carbocycles. The summed E-state index contributed by atoms with van der Waals surface area (Å²) in [5, 5.41) is 0.873. The van der Waals surface area contributed by atoms with Crippen molar-refractivity contribution in [1.29, 1.82) is 0 Å². The molecule has 3 heterocycles. The maximum atomic E-state index is 6.06. The lowest BCUT2D eigenvalue weighted by Gasteiger charge is -1.98. The molecule has 3 aromatic rings. The van der Waals surface area contributed by atoms with E-state index in [1.807, 2.05) is 31.2 Å². The summed E-state index contributed by atoms with van der Waals surface area (Å²) in [6.45, 7) is 1.93. The second-order valence-corrected chi connectivity index (χ2v) is 3.88. The van der Waals surface area contributed by atoms with Crippen LogP contribution in [0.15, 0.2) is 41.1 Å². The highest BCUT2D eigenvalue weighted by molar-refractivity contribution is 5.96. The summed E-state index contributed by atoms with van der Waals surface area (Å²) in [4.78, 5) is 8.41. The molecule has 0 saturated carbocycles. The van der Waals surface area contributed by atoms with Crippen LogP contribution in [0.1, 0.15) is 5.69 Å². The third kappa shape index (κ3) is 1.54. The van der Waals surface area contributed by atoms with E-state index in [-0.39, 0.29) is 0 Å². The normalized spacial score (nSPS) is 10.9. The Morgan fingerprint density at radius 3 is 2.88 bits per heavy atom. The largest absolute Gasteiger partial charge is 0.451 e. The van der Waals surface area contributed by atoms with Gasteiger partial charge in [0.15, 0.2) is 11.3 Å². The number of aryl methyl sites for hydroxylation is 1. The topological polar surface area (TPSA) is 64.9 Å². The van der Waals surface area contributed by atoms with Crippen molar-refractivity contribution in [2.45, 2.75) is 6.92 Å². The van der Waals surface area contributed by atoms with E-state index < -0.39 is 0 Å². The van der Waals surface area contributed by atoms with Crippen LogP contribution in [0.4, 0.5) is 5.69 Å². The zero-order valence-electron chi connectivity index (χ0n) is 9.34. The molecule has 4 heteroatoms. The first-order valence-corrected chi connectivity index (χ1v) is 5.32. The third-order valence-corrected chi connectivity index (χ3v) is 2.65. The number of nitrogen functional groups attached to an aromatic ring is 1. The van der Waals surface area contributed by atoms with E-state index in [4.69, 9.17) is 10.2 Å². The Labute approximate surface area is 98.1 Å². The average Bonchev–Trinajstić information content (AvgIpc) is 2.68. The quantitative estimate of drug-likeness (QED) is 0.691. The van der Waals surface area contributed by atoms with Crippen molar-refractivity contribution in [2.75, 3.05) is 5.73 Å². The van der Waals surface area contributed by atoms with Crippen molar-refractivity contribution in [3.8, 4) is 11.5 Å². The predicted octanol–water partition coefficient (Wildman–Crippen LogP) is 2.78. The van der Waals surface area contributed by atoms with Gasteiger partial charge in [-0.2, -0.15) is 0 Å². The lowest BCUT2D eigenvalue weighted by atomic mass is 10.2. The standard InChI is InChI=1S/C13H11N3O/c1-8-3-2-4-10(16-8)13-12(14)9-5-6-15-7-11(9)17-13/h2-7H,14H2,1H3. The summed E-state index contributed by atoms with van der Waals surface area (Å²) < 4.78 is 5.69. The molecule has 3 aromatic heterocycles. The maximum Gasteiger partial charge on any atom is 0.176 e. The van der Waals surface area contributed by atoms with Crippen molar-refractivity contribution < 1.29 is 4.42 Å². The van der Waals surface area contributed by atoms with Gasteiger partial charge in [0.2, 0.25) is 0 Å². The monoisotopic (exact) mass is 225 g/mol. The molecule has 0 aliphatic carbocycles. The summed E-state index contributed by atoms with van der Waals surface area (Å²) in [7, 11) is 0. The van der Waals surface area contributed by atoms with E-state index in [2.05, 4.69) is 9.97 Å². The number of rotatable bonds is 1. The SMILES string of the molecule is Cc1cccc(-c2oc3cnccc3c2N)n1. The van der Waals surface area contributed by atoms with Crippen LogP contribution < -0.4 is 5.73 Å². The average molecular weight is 225 g/mol. The molecule has 4 nitrogen and oxygen atoms in total. The van der Waals surface area contributed by atoms with Crippen molar-refractivity contribution in [3.05, 3.63) is 42.4 Å². The van der Waals surface area contributed by atoms with E-state index in [1.165, 1.54) is 0 Å². The Morgan fingerprint density at radius 1 is 1.24 bits per heavy atom. The van der Waals surface area contributed by atoms with Gasteiger partial charge in [0.05, 0.1) is 11.9 Å². The first kappa shape index (κ1) is 9.84. The Morgan fingerprint density at radius 2 is 2.12 bits per heavy atom. The molecule has 0 radical (unpaired) electrons. The Bertz CT molecular complexity index is 688. The van der Waals surface area contributed by atoms with Crippen LogP contribution in [0.3, 0.4) is 0 Å². The molecule has 0 bridgehead atoms. The number of pyridine rings is 2. The predicted molar refractivity (Wildman–Crippen MR) is 66.4 cm³/mol. The van der Waals surface area contributed by atoms with Gasteiger partial charge >= 0.3 is 0 Å². The minimum Gasteiger partial charge on any atom is -0.451 e. The van der Waals surface area contributed by atoms with Crippen LogP contribution in [0.2, 0.25) is 0 Å². The summed E-state index contributed by atoms with van der Waals surface area (Å²) >= 11 is 0. The number of fused-ring (bicyclic) bond motifs is 1. The van der Waals surface area contributed by atoms with E-state index in [1.54, 1.807) is 12.4 Å². The van der Waals surface area contributed by atoms with Crippen LogP contribution in [0.5, 0.6) is 0 Å². The van der Waals surface area contributed by atoms with Crippen molar-refractivity contribution in [2.24, 2.45) is 0 Å². The van der Waals surface area contributed by atoms with Crippen LogP contribution in [-0.2, 0) is 0 Å². The van der Waals surface area contributed by atoms with Gasteiger partial charge in [0.1, 0.15) is 5.69 Å². The molecular formula is C13H11N3O. The molecule has 3 rings (SSSR count). The Hall–Kier alpha value is -2.36. The van der Waals surface area contributed by atoms with Crippen LogP contribution in [-0.4, -0.2) is 9.97 Å². The summed E-state index contributed by atoms with van der Waals surface area (Å²) in [6.07, 6.45) is 3.35. The minimum atomic E-state index is 0.608. The first-order valence-electron chi connectivity index (χ1n) is 5.32. The van der Waals surface area contributed by atoms with E-state index in [0.29, 0.717) is 17.0 Å². The van der Waals surface area contributed by atoms with Gasteiger partial charge in [-0.3, -0.25) is 4.98 Å². The summed E-state index contributed by atoms with van der Waals surface area (Å²) in [5.74, 6) is 0.608. The van der Waals surface area contributed by atoms with Gasteiger partial charge in [0.25, 0.3) is 0 Å². The second kappa shape index (κ2) is 3.59. The number of nitrogens with two attached hydrogens (primary N) is 1. The third-order valence-electron chi connectivity index (χ3n) is 2.65. The molecule has 0 atom stereocenters. The molecule has 0 aliphatic rings. The van der Waals surface area contributed by atoms with Gasteiger partial charge in [-0.15, -0.1) is 0 Å². The van der Waals surface area contributed by atoms with Gasteiger partial charge in [-0.1, -0.05) is 6.07 Å². The van der Waals surface area contributed by atoms with E-state index in [9.17, 15) is 0 Å². The number of furan rings is 1. The van der Waals surface area contributed by atoms with Gasteiger partial charge in [-0.25, -0.2) is 4.98 Å². The number of anilines is 1. The molecule has 0 unspecified atom stereocenters. The van der Waals surface area contributed by atoms with Gasteiger partial charge in [-0.05, 0) is 25.1 Å². The lowest BCUT2D eigenvalue weighted by Crippen LogP contribution is -1.89. The molecule has 84 valence electrons. The summed E-state index contributed by atoms with van der Waals surface area (Å²) in [5.41, 5.74) is 9.03. The van der Waals surface area contributed by atoms with Crippen molar-refractivity contribution in [3.63, 3.8) is 0 Å². The van der Waals surface area contributed by atoms with Crippen molar-refractivity contribution >= 4 is 16.7 Å². The number of aromatic nitrogens is 2. The van der Waals surface area contributed by atoms with Gasteiger partial charge < -0.3 is 10.2 Å². The molecule has 0 amide bonds. The minimum absolute atomic E-state index is 0.608. The summed E-state index contributed by atoms with van der Waals surface area (Å²) in [6, 6.07) is 7.59. The lowest BCUT2D eigenvalue weighted by molar-refractivity contribution is 0.628. The van der Waals surface area contributed by atoms with Crippen molar-refractivity contribution in [1.82, 2.24) is 9.97 Å². The Balaban J connectivity index is 2.27. The molecule has 0 spiro atoms.